The first-order chi connectivity index (χ1) is 8.60. The van der Waals surface area contributed by atoms with Crippen LogP contribution < -0.4 is 0 Å². The highest BCUT2D eigenvalue weighted by atomic mass is 16.5. The molecule has 2 heteroatoms. The molecule has 0 fully saturated rings. The molecule has 0 aromatic rings. The number of hydrogen-bond donors (Lipinski definition) is 0. The Labute approximate surface area is 113 Å². The minimum Gasteiger partial charge on any atom is -0.465 e. The largest absolute Gasteiger partial charge is 0.465 e. The maximum absolute atomic E-state index is 12.1. The van der Waals surface area contributed by atoms with Crippen LogP contribution in [0.15, 0.2) is 0 Å². The molecular formula is C16H32O2. The predicted octanol–water partition coefficient (Wildman–Crippen LogP) is 5.11. The van der Waals surface area contributed by atoms with Crippen molar-refractivity contribution >= 4 is 5.97 Å². The third kappa shape index (κ3) is 7.03. The Morgan fingerprint density at radius 2 is 1.56 bits per heavy atom. The molecule has 0 saturated carbocycles. The number of esters is 1. The minimum absolute atomic E-state index is 0.00828. The monoisotopic (exact) mass is 256 g/mol. The summed E-state index contributed by atoms with van der Waals surface area (Å²) in [6.07, 6.45) is 10.1. The van der Waals surface area contributed by atoms with Gasteiger partial charge in [-0.05, 0) is 26.2 Å². The smallest absolute Gasteiger partial charge is 0.311 e. The SMILES string of the molecule is CCCCCCCOC(=O)C(C)(CC)CCCC. The van der Waals surface area contributed by atoms with E-state index in [4.69, 9.17) is 4.74 Å². The van der Waals surface area contributed by atoms with Crippen molar-refractivity contribution in [1.29, 1.82) is 0 Å². The molecule has 0 heterocycles. The Morgan fingerprint density at radius 3 is 2.11 bits per heavy atom. The molecule has 108 valence electrons. The second-order valence-corrected chi connectivity index (χ2v) is 5.57. The van der Waals surface area contributed by atoms with E-state index in [0.717, 1.165) is 32.1 Å². The zero-order chi connectivity index (χ0) is 13.9. The summed E-state index contributed by atoms with van der Waals surface area (Å²) in [7, 11) is 0. The van der Waals surface area contributed by atoms with Gasteiger partial charge in [-0.25, -0.2) is 0 Å². The first-order valence-electron chi connectivity index (χ1n) is 7.78. The van der Waals surface area contributed by atoms with Gasteiger partial charge in [-0.15, -0.1) is 0 Å². The molecule has 0 aliphatic rings. The molecule has 0 aliphatic heterocycles. The molecule has 0 bridgehead atoms. The summed E-state index contributed by atoms with van der Waals surface area (Å²) in [5.74, 6) is 0.00828. The number of carbonyl (C=O) groups excluding carboxylic acids is 1. The maximum atomic E-state index is 12.1. The number of unbranched alkanes of at least 4 members (excludes halogenated alkanes) is 5. The lowest BCUT2D eigenvalue weighted by Crippen LogP contribution is -2.29. The fraction of sp³-hybridized carbons (Fsp3) is 0.938. The molecular weight excluding hydrogens is 224 g/mol. The van der Waals surface area contributed by atoms with Crippen LogP contribution in [-0.2, 0) is 9.53 Å². The minimum atomic E-state index is -0.264. The first-order valence-corrected chi connectivity index (χ1v) is 7.78. The van der Waals surface area contributed by atoms with Crippen LogP contribution in [0.5, 0.6) is 0 Å². The summed E-state index contributed by atoms with van der Waals surface area (Å²) < 4.78 is 5.44. The van der Waals surface area contributed by atoms with Gasteiger partial charge in [0.2, 0.25) is 0 Å². The highest BCUT2D eigenvalue weighted by molar-refractivity contribution is 5.76. The Balaban J connectivity index is 3.83. The molecule has 0 aromatic heterocycles. The molecule has 0 aliphatic carbocycles. The quantitative estimate of drug-likeness (QED) is 0.379. The van der Waals surface area contributed by atoms with Gasteiger partial charge in [-0.2, -0.15) is 0 Å². The van der Waals surface area contributed by atoms with E-state index < -0.39 is 0 Å². The van der Waals surface area contributed by atoms with Gasteiger partial charge in [0.15, 0.2) is 0 Å². The van der Waals surface area contributed by atoms with Crippen molar-refractivity contribution in [3.63, 3.8) is 0 Å². The van der Waals surface area contributed by atoms with Crippen LogP contribution >= 0.6 is 0 Å². The van der Waals surface area contributed by atoms with Crippen LogP contribution in [0.1, 0.15) is 85.5 Å². The second kappa shape index (κ2) is 10.4. The van der Waals surface area contributed by atoms with E-state index in [-0.39, 0.29) is 11.4 Å². The Morgan fingerprint density at radius 1 is 0.944 bits per heavy atom. The van der Waals surface area contributed by atoms with Gasteiger partial charge in [0.05, 0.1) is 12.0 Å². The number of carbonyl (C=O) groups is 1. The number of rotatable bonds is 11. The molecule has 0 spiro atoms. The average molecular weight is 256 g/mol. The standard InChI is InChI=1S/C16H32O2/c1-5-8-10-11-12-14-18-15(17)16(4,7-3)13-9-6-2/h5-14H2,1-4H3. The van der Waals surface area contributed by atoms with Crippen molar-refractivity contribution in [2.24, 2.45) is 5.41 Å². The van der Waals surface area contributed by atoms with Gasteiger partial charge >= 0.3 is 5.97 Å². The van der Waals surface area contributed by atoms with E-state index in [9.17, 15) is 4.79 Å². The van der Waals surface area contributed by atoms with Gasteiger partial charge in [0, 0.05) is 0 Å². The van der Waals surface area contributed by atoms with Crippen LogP contribution in [0.3, 0.4) is 0 Å². The highest BCUT2D eigenvalue weighted by Gasteiger charge is 2.31. The van der Waals surface area contributed by atoms with Crippen molar-refractivity contribution in [2.45, 2.75) is 85.5 Å². The van der Waals surface area contributed by atoms with E-state index in [2.05, 4.69) is 20.8 Å². The van der Waals surface area contributed by atoms with E-state index >= 15 is 0 Å². The van der Waals surface area contributed by atoms with E-state index in [1.54, 1.807) is 0 Å². The number of hydrogen-bond acceptors (Lipinski definition) is 2. The van der Waals surface area contributed by atoms with Crippen molar-refractivity contribution in [3.05, 3.63) is 0 Å². The van der Waals surface area contributed by atoms with Gasteiger partial charge in [-0.1, -0.05) is 59.3 Å². The molecule has 1 atom stereocenters. The highest BCUT2D eigenvalue weighted by Crippen LogP contribution is 2.29. The van der Waals surface area contributed by atoms with Crippen LogP contribution in [-0.4, -0.2) is 12.6 Å². The van der Waals surface area contributed by atoms with Crippen molar-refractivity contribution in [1.82, 2.24) is 0 Å². The lowest BCUT2D eigenvalue weighted by atomic mass is 9.82. The molecule has 18 heavy (non-hydrogen) atoms. The molecule has 0 N–H and O–H groups in total. The molecule has 2 nitrogen and oxygen atoms in total. The summed E-state index contributed by atoms with van der Waals surface area (Å²) in [4.78, 5) is 12.1. The van der Waals surface area contributed by atoms with Gasteiger partial charge in [-0.3, -0.25) is 4.79 Å². The van der Waals surface area contributed by atoms with Crippen LogP contribution in [0.2, 0.25) is 0 Å². The van der Waals surface area contributed by atoms with Crippen LogP contribution in [0, 0.1) is 5.41 Å². The van der Waals surface area contributed by atoms with Crippen molar-refractivity contribution in [3.8, 4) is 0 Å². The summed E-state index contributed by atoms with van der Waals surface area (Å²) in [5.41, 5.74) is -0.264. The first kappa shape index (κ1) is 17.5. The third-order valence-corrected chi connectivity index (χ3v) is 3.84. The molecule has 0 radical (unpaired) electrons. The molecule has 0 aromatic carbocycles. The van der Waals surface area contributed by atoms with Gasteiger partial charge in [0.25, 0.3) is 0 Å². The van der Waals surface area contributed by atoms with Gasteiger partial charge < -0.3 is 4.74 Å². The summed E-state index contributed by atoms with van der Waals surface area (Å²) in [6.45, 7) is 9.10. The van der Waals surface area contributed by atoms with Crippen molar-refractivity contribution in [2.75, 3.05) is 6.61 Å². The second-order valence-electron chi connectivity index (χ2n) is 5.57. The average Bonchev–Trinajstić information content (AvgIpc) is 2.39. The van der Waals surface area contributed by atoms with Crippen molar-refractivity contribution < 1.29 is 9.53 Å². The maximum Gasteiger partial charge on any atom is 0.311 e. The normalized spacial score (nSPS) is 14.2. The Bertz CT molecular complexity index is 213. The predicted molar refractivity (Wildman–Crippen MR) is 77.6 cm³/mol. The molecule has 0 rings (SSSR count). The van der Waals surface area contributed by atoms with E-state index in [0.29, 0.717) is 6.61 Å². The van der Waals surface area contributed by atoms with E-state index in [1.807, 2.05) is 6.92 Å². The molecule has 0 saturated heterocycles. The fourth-order valence-electron chi connectivity index (χ4n) is 2.03. The summed E-state index contributed by atoms with van der Waals surface area (Å²) in [6, 6.07) is 0. The van der Waals surface area contributed by atoms with Crippen LogP contribution in [0.4, 0.5) is 0 Å². The number of ether oxygens (including phenoxy) is 1. The summed E-state index contributed by atoms with van der Waals surface area (Å²) in [5, 5.41) is 0. The topological polar surface area (TPSA) is 26.3 Å². The lowest BCUT2D eigenvalue weighted by Gasteiger charge is -2.25. The molecule has 0 amide bonds. The zero-order valence-corrected chi connectivity index (χ0v) is 12.9. The summed E-state index contributed by atoms with van der Waals surface area (Å²) >= 11 is 0. The Hall–Kier alpha value is -0.530. The lowest BCUT2D eigenvalue weighted by molar-refractivity contribution is -0.155. The van der Waals surface area contributed by atoms with E-state index in [1.165, 1.54) is 25.7 Å². The zero-order valence-electron chi connectivity index (χ0n) is 12.9. The third-order valence-electron chi connectivity index (χ3n) is 3.84. The Kier molecular flexibility index (Phi) is 10.1. The van der Waals surface area contributed by atoms with Gasteiger partial charge in [0.1, 0.15) is 0 Å². The van der Waals surface area contributed by atoms with Crippen LogP contribution in [0.25, 0.3) is 0 Å². The molecule has 1 unspecified atom stereocenters. The fourth-order valence-corrected chi connectivity index (χ4v) is 2.03.